The van der Waals surface area contributed by atoms with E-state index in [0.717, 1.165) is 35.2 Å². The van der Waals surface area contributed by atoms with E-state index >= 15 is 0 Å². The highest BCUT2D eigenvalue weighted by atomic mass is 127. The second kappa shape index (κ2) is 7.88. The van der Waals surface area contributed by atoms with E-state index in [1.807, 2.05) is 20.8 Å². The van der Waals surface area contributed by atoms with Crippen molar-refractivity contribution in [1.29, 1.82) is 0 Å². The Morgan fingerprint density at radius 1 is 1.31 bits per heavy atom. The zero-order valence-electron chi connectivity index (χ0n) is 15.7. The maximum absolute atomic E-state index is 12.5. The summed E-state index contributed by atoms with van der Waals surface area (Å²) in [6.07, 6.45) is 2.83. The van der Waals surface area contributed by atoms with Gasteiger partial charge >= 0.3 is 6.09 Å². The van der Waals surface area contributed by atoms with Gasteiger partial charge in [0, 0.05) is 47.3 Å². The molecule has 0 bridgehead atoms. The molecule has 0 aromatic rings. The van der Waals surface area contributed by atoms with Crippen LogP contribution in [0.5, 0.6) is 0 Å². The van der Waals surface area contributed by atoms with Gasteiger partial charge in [-0.1, -0.05) is 0 Å². The number of halogens is 1. The highest BCUT2D eigenvalue weighted by molar-refractivity contribution is 14.1. The lowest BCUT2D eigenvalue weighted by Gasteiger charge is -2.36. The van der Waals surface area contributed by atoms with E-state index < -0.39 is 5.60 Å². The number of piperazine rings is 1. The van der Waals surface area contributed by atoms with E-state index in [2.05, 4.69) is 27.5 Å². The number of Topliss-reactive ketones (excluding diaryl/α,β-unsaturated/α-hetero) is 1. The number of nitrogens with zero attached hydrogens (tertiary/aromatic N) is 2. The van der Waals surface area contributed by atoms with Gasteiger partial charge in [-0.25, -0.2) is 4.79 Å². The van der Waals surface area contributed by atoms with Crippen molar-refractivity contribution in [3.05, 3.63) is 21.0 Å². The van der Waals surface area contributed by atoms with Gasteiger partial charge in [0.25, 0.3) is 0 Å². The second-order valence-electron chi connectivity index (χ2n) is 8.07. The van der Waals surface area contributed by atoms with Gasteiger partial charge in [-0.2, -0.15) is 0 Å². The van der Waals surface area contributed by atoms with Gasteiger partial charge in [-0.15, -0.1) is 0 Å². The van der Waals surface area contributed by atoms with Crippen molar-refractivity contribution in [2.75, 3.05) is 39.3 Å². The first-order valence-corrected chi connectivity index (χ1v) is 10.2. The summed E-state index contributed by atoms with van der Waals surface area (Å²) < 4.78 is 12.0. The quantitative estimate of drug-likeness (QED) is 0.589. The average molecular weight is 474 g/mol. The molecule has 144 valence electrons. The van der Waals surface area contributed by atoms with E-state index in [1.165, 1.54) is 5.57 Å². The van der Waals surface area contributed by atoms with Crippen molar-refractivity contribution in [1.82, 2.24) is 9.80 Å². The van der Waals surface area contributed by atoms with Crippen molar-refractivity contribution in [3.63, 3.8) is 0 Å². The van der Waals surface area contributed by atoms with Crippen LogP contribution in [0.1, 0.15) is 33.6 Å². The molecule has 1 atom stereocenters. The molecule has 0 aromatic heterocycles. The summed E-state index contributed by atoms with van der Waals surface area (Å²) >= 11 is 2.32. The molecule has 1 fully saturated rings. The molecule has 2 heterocycles. The summed E-state index contributed by atoms with van der Waals surface area (Å²) in [5.41, 5.74) is 1.81. The maximum atomic E-state index is 12.5. The number of ether oxygens (including phenoxy) is 2. The van der Waals surface area contributed by atoms with Gasteiger partial charge < -0.3 is 14.4 Å². The number of carbonyl (C=O) groups is 2. The van der Waals surface area contributed by atoms with Crippen LogP contribution in [0, 0.1) is 5.92 Å². The van der Waals surface area contributed by atoms with Crippen molar-refractivity contribution >= 4 is 34.5 Å². The van der Waals surface area contributed by atoms with Crippen LogP contribution in [0.25, 0.3) is 0 Å². The van der Waals surface area contributed by atoms with Crippen LogP contribution in [0.15, 0.2) is 21.0 Å². The van der Waals surface area contributed by atoms with Crippen LogP contribution in [0.4, 0.5) is 4.79 Å². The predicted molar refractivity (Wildman–Crippen MR) is 107 cm³/mol. The molecule has 0 radical (unpaired) electrons. The topological polar surface area (TPSA) is 59.1 Å². The molecule has 3 rings (SSSR count). The monoisotopic (exact) mass is 474 g/mol. The van der Waals surface area contributed by atoms with Crippen LogP contribution < -0.4 is 0 Å². The number of allylic oxidation sites excluding steroid dienone is 1. The summed E-state index contributed by atoms with van der Waals surface area (Å²) in [5, 5.41) is 0. The van der Waals surface area contributed by atoms with E-state index in [1.54, 1.807) is 11.2 Å². The lowest BCUT2D eigenvalue weighted by Crippen LogP contribution is -2.50. The fourth-order valence-corrected chi connectivity index (χ4v) is 4.66. The van der Waals surface area contributed by atoms with E-state index in [0.29, 0.717) is 31.9 Å². The molecule has 1 unspecified atom stereocenters. The normalized spacial score (nSPS) is 24.3. The molecule has 1 saturated heterocycles. The van der Waals surface area contributed by atoms with Crippen LogP contribution >= 0.6 is 22.6 Å². The number of carbonyl (C=O) groups excluding carboxylic acids is 2. The molecule has 3 aliphatic rings. The molecular formula is C19H27IN2O4. The molecule has 7 heteroatoms. The van der Waals surface area contributed by atoms with Crippen molar-refractivity contribution in [2.45, 2.75) is 39.2 Å². The van der Waals surface area contributed by atoms with Crippen LogP contribution in [0.3, 0.4) is 0 Å². The largest absolute Gasteiger partial charge is 0.496 e. The molecule has 0 saturated carbocycles. The standard InChI is InChI=1S/C19H27IN2O4/c1-19(2,3)26-18(24)22-8-6-21(7-9-22)5-4-14-16(23)10-13-11-25-12-15(13)17(14)20/h11,14H,4-10,12H2,1-3H3. The number of fused-ring (bicyclic) bond motifs is 1. The number of amides is 1. The zero-order valence-corrected chi connectivity index (χ0v) is 17.9. The molecule has 26 heavy (non-hydrogen) atoms. The lowest BCUT2D eigenvalue weighted by atomic mass is 9.85. The first kappa shape index (κ1) is 19.7. The average Bonchev–Trinajstić information content (AvgIpc) is 3.02. The Bertz CT molecular complexity index is 642. The van der Waals surface area contributed by atoms with Gasteiger partial charge in [0.2, 0.25) is 0 Å². The van der Waals surface area contributed by atoms with Crippen LogP contribution in [-0.2, 0) is 14.3 Å². The highest BCUT2D eigenvalue weighted by Crippen LogP contribution is 2.39. The van der Waals surface area contributed by atoms with Crippen molar-refractivity contribution in [3.8, 4) is 0 Å². The summed E-state index contributed by atoms with van der Waals surface area (Å²) in [5.74, 6) is 0.288. The fourth-order valence-electron chi connectivity index (χ4n) is 3.50. The summed E-state index contributed by atoms with van der Waals surface area (Å²) in [6, 6.07) is 0. The molecule has 1 amide bonds. The number of hydrogen-bond acceptors (Lipinski definition) is 5. The first-order chi connectivity index (χ1) is 12.2. The lowest BCUT2D eigenvalue weighted by molar-refractivity contribution is -0.121. The highest BCUT2D eigenvalue weighted by Gasteiger charge is 2.34. The van der Waals surface area contributed by atoms with Crippen molar-refractivity contribution in [2.24, 2.45) is 5.92 Å². The SMILES string of the molecule is CC(C)(C)OC(=O)N1CCN(CCC2C(=O)CC3=COCC3=C2I)CC1. The minimum absolute atomic E-state index is 0.00617. The predicted octanol–water partition coefficient (Wildman–Crippen LogP) is 3.12. The Morgan fingerprint density at radius 2 is 2.00 bits per heavy atom. The molecule has 0 N–H and O–H groups in total. The molecule has 0 spiro atoms. The molecule has 1 aliphatic carbocycles. The van der Waals surface area contributed by atoms with Gasteiger partial charge in [0.1, 0.15) is 18.0 Å². The van der Waals surface area contributed by atoms with Gasteiger partial charge in [0.15, 0.2) is 0 Å². The third-order valence-corrected chi connectivity index (χ3v) is 6.35. The Morgan fingerprint density at radius 3 is 2.65 bits per heavy atom. The van der Waals surface area contributed by atoms with Gasteiger partial charge in [-0.05, 0) is 56.3 Å². The number of rotatable bonds is 3. The number of ketones is 1. The van der Waals surface area contributed by atoms with E-state index in [9.17, 15) is 9.59 Å². The van der Waals surface area contributed by atoms with Crippen molar-refractivity contribution < 1.29 is 19.1 Å². The second-order valence-corrected chi connectivity index (χ2v) is 9.24. The minimum Gasteiger partial charge on any atom is -0.496 e. The van der Waals surface area contributed by atoms with Gasteiger partial charge in [-0.3, -0.25) is 9.69 Å². The van der Waals surface area contributed by atoms with Crippen LogP contribution in [0.2, 0.25) is 0 Å². The third kappa shape index (κ3) is 4.60. The molecule has 0 aromatic carbocycles. The Kier molecular flexibility index (Phi) is 5.96. The Labute approximate surface area is 168 Å². The summed E-state index contributed by atoms with van der Waals surface area (Å²) in [6.45, 7) is 10.1. The minimum atomic E-state index is -0.461. The summed E-state index contributed by atoms with van der Waals surface area (Å²) in [7, 11) is 0. The zero-order chi connectivity index (χ0) is 18.9. The molecule has 2 aliphatic heterocycles. The molecule has 6 nitrogen and oxygen atoms in total. The van der Waals surface area contributed by atoms with Crippen LogP contribution in [-0.4, -0.2) is 66.6 Å². The third-order valence-electron chi connectivity index (χ3n) is 4.95. The smallest absolute Gasteiger partial charge is 0.410 e. The molecular weight excluding hydrogens is 447 g/mol. The first-order valence-electron chi connectivity index (χ1n) is 9.17. The van der Waals surface area contributed by atoms with Gasteiger partial charge in [0.05, 0.1) is 12.2 Å². The number of hydrogen-bond donors (Lipinski definition) is 0. The fraction of sp³-hybridized carbons (Fsp3) is 0.684. The van der Waals surface area contributed by atoms with E-state index in [4.69, 9.17) is 9.47 Å². The summed E-state index contributed by atoms with van der Waals surface area (Å²) in [4.78, 5) is 28.7. The maximum Gasteiger partial charge on any atom is 0.410 e. The van der Waals surface area contributed by atoms with E-state index in [-0.39, 0.29) is 12.0 Å². The Balaban J connectivity index is 1.48. The Hall–Kier alpha value is -1.09.